The Morgan fingerprint density at radius 1 is 1.47 bits per heavy atom. The van der Waals surface area contributed by atoms with Crippen molar-refractivity contribution < 1.29 is 4.79 Å². The minimum atomic E-state index is -0.0959. The molecule has 1 unspecified atom stereocenters. The van der Waals surface area contributed by atoms with Crippen LogP contribution in [-0.2, 0) is 17.8 Å². The summed E-state index contributed by atoms with van der Waals surface area (Å²) in [5.74, 6) is 0.191. The predicted octanol–water partition coefficient (Wildman–Crippen LogP) is 2.13. The number of hydrogen-bond acceptors (Lipinski definition) is 2. The third kappa shape index (κ3) is 3.24. The van der Waals surface area contributed by atoms with Gasteiger partial charge in [0.2, 0.25) is 5.91 Å². The van der Waals surface area contributed by atoms with E-state index in [-0.39, 0.29) is 11.9 Å². The van der Waals surface area contributed by atoms with Crippen molar-refractivity contribution in [3.05, 3.63) is 48.0 Å². The van der Waals surface area contributed by atoms with Gasteiger partial charge in [0.1, 0.15) is 0 Å². The first-order valence-electron chi connectivity index (χ1n) is 6.96. The Hall–Kier alpha value is -1.61. The third-order valence-electron chi connectivity index (χ3n) is 3.53. The van der Waals surface area contributed by atoms with E-state index in [0.717, 1.165) is 25.9 Å². The monoisotopic (exact) mass is 258 g/mol. The van der Waals surface area contributed by atoms with Crippen LogP contribution in [-0.4, -0.2) is 29.9 Å². The molecule has 2 rings (SSSR count). The van der Waals surface area contributed by atoms with Crippen molar-refractivity contribution in [3.63, 3.8) is 0 Å². The van der Waals surface area contributed by atoms with Gasteiger partial charge in [0.05, 0.1) is 6.04 Å². The van der Waals surface area contributed by atoms with Gasteiger partial charge in [-0.25, -0.2) is 0 Å². The molecule has 0 aliphatic carbocycles. The van der Waals surface area contributed by atoms with Gasteiger partial charge in [-0.15, -0.1) is 6.58 Å². The van der Waals surface area contributed by atoms with Gasteiger partial charge < -0.3 is 10.2 Å². The van der Waals surface area contributed by atoms with E-state index in [2.05, 4.69) is 31.0 Å². The van der Waals surface area contributed by atoms with E-state index in [0.29, 0.717) is 6.54 Å². The molecule has 1 N–H and O–H groups in total. The molecular weight excluding hydrogens is 236 g/mol. The summed E-state index contributed by atoms with van der Waals surface area (Å²) in [5, 5.41) is 3.35. The fourth-order valence-electron chi connectivity index (χ4n) is 2.57. The summed E-state index contributed by atoms with van der Waals surface area (Å²) in [5.41, 5.74) is 2.59. The van der Waals surface area contributed by atoms with E-state index >= 15 is 0 Å². The minimum Gasteiger partial charge on any atom is -0.338 e. The number of carbonyl (C=O) groups excluding carboxylic acids is 1. The first-order valence-corrected chi connectivity index (χ1v) is 6.96. The molecular formula is C16H22N2O. The lowest BCUT2D eigenvalue weighted by molar-refractivity contribution is -0.133. The molecule has 0 radical (unpaired) electrons. The summed E-state index contributed by atoms with van der Waals surface area (Å²) in [4.78, 5) is 14.4. The zero-order valence-corrected chi connectivity index (χ0v) is 11.6. The second-order valence-corrected chi connectivity index (χ2v) is 4.98. The summed E-state index contributed by atoms with van der Waals surface area (Å²) in [6, 6.07) is 8.23. The molecule has 19 heavy (non-hydrogen) atoms. The van der Waals surface area contributed by atoms with Crippen molar-refractivity contribution in [1.82, 2.24) is 10.2 Å². The Morgan fingerprint density at radius 2 is 2.21 bits per heavy atom. The van der Waals surface area contributed by atoms with E-state index < -0.39 is 0 Å². The van der Waals surface area contributed by atoms with Crippen LogP contribution in [0.5, 0.6) is 0 Å². The van der Waals surface area contributed by atoms with Gasteiger partial charge in [0, 0.05) is 19.6 Å². The average Bonchev–Trinajstić information content (AvgIpc) is 2.46. The summed E-state index contributed by atoms with van der Waals surface area (Å²) >= 11 is 0. The highest BCUT2D eigenvalue weighted by molar-refractivity contribution is 5.82. The third-order valence-corrected chi connectivity index (χ3v) is 3.53. The summed E-state index contributed by atoms with van der Waals surface area (Å²) in [6.45, 7) is 8.03. The largest absolute Gasteiger partial charge is 0.338 e. The van der Waals surface area contributed by atoms with Crippen LogP contribution in [0.1, 0.15) is 24.5 Å². The quantitative estimate of drug-likeness (QED) is 0.821. The molecule has 0 bridgehead atoms. The zero-order valence-electron chi connectivity index (χ0n) is 11.6. The van der Waals surface area contributed by atoms with Crippen LogP contribution in [0.3, 0.4) is 0 Å². The van der Waals surface area contributed by atoms with Gasteiger partial charge in [0.15, 0.2) is 0 Å². The Bertz CT molecular complexity index is 456. The fourth-order valence-corrected chi connectivity index (χ4v) is 2.57. The highest BCUT2D eigenvalue weighted by Crippen LogP contribution is 2.17. The predicted molar refractivity (Wildman–Crippen MR) is 77.8 cm³/mol. The Morgan fingerprint density at radius 3 is 2.89 bits per heavy atom. The van der Waals surface area contributed by atoms with Crippen LogP contribution in [0.15, 0.2) is 36.9 Å². The van der Waals surface area contributed by atoms with Crippen LogP contribution < -0.4 is 5.32 Å². The molecule has 3 nitrogen and oxygen atoms in total. The molecule has 1 aliphatic heterocycles. The second-order valence-electron chi connectivity index (χ2n) is 4.98. The van der Waals surface area contributed by atoms with Crippen LogP contribution in [0.25, 0.3) is 0 Å². The molecule has 0 saturated heterocycles. The normalized spacial score (nSPS) is 17.6. The molecule has 3 heteroatoms. The molecule has 1 atom stereocenters. The molecule has 1 heterocycles. The maximum Gasteiger partial charge on any atom is 0.240 e. The van der Waals surface area contributed by atoms with Crippen LogP contribution in [0.2, 0.25) is 0 Å². The van der Waals surface area contributed by atoms with Gasteiger partial charge in [-0.05, 0) is 24.0 Å². The van der Waals surface area contributed by atoms with E-state index in [9.17, 15) is 4.79 Å². The van der Waals surface area contributed by atoms with Gasteiger partial charge in [-0.2, -0.15) is 0 Å². The first kappa shape index (κ1) is 13.8. The van der Waals surface area contributed by atoms with Crippen LogP contribution in [0.4, 0.5) is 0 Å². The van der Waals surface area contributed by atoms with Gasteiger partial charge in [-0.1, -0.05) is 37.3 Å². The number of amides is 1. The smallest absolute Gasteiger partial charge is 0.240 e. The van der Waals surface area contributed by atoms with E-state index in [1.165, 1.54) is 11.1 Å². The molecule has 0 saturated carbocycles. The molecule has 1 aromatic carbocycles. The molecule has 1 amide bonds. The number of benzene rings is 1. The summed E-state index contributed by atoms with van der Waals surface area (Å²) in [6.07, 6.45) is 3.56. The lowest BCUT2D eigenvalue weighted by Gasteiger charge is -2.30. The zero-order chi connectivity index (χ0) is 13.7. The lowest BCUT2D eigenvalue weighted by atomic mass is 9.95. The van der Waals surface area contributed by atoms with Crippen molar-refractivity contribution in [2.24, 2.45) is 0 Å². The maximum absolute atomic E-state index is 12.5. The number of nitrogens with one attached hydrogen (secondary N) is 1. The van der Waals surface area contributed by atoms with Crippen molar-refractivity contribution in [1.29, 1.82) is 0 Å². The standard InChI is InChI=1S/C16H22N2O/c1-3-9-18(10-4-2)16(19)15-11-13-7-5-6-8-14(13)12-17-15/h3,5-8,15,17H,1,4,9-12H2,2H3. The van der Waals surface area contributed by atoms with E-state index in [1.807, 2.05) is 17.0 Å². The molecule has 0 aromatic heterocycles. The van der Waals surface area contributed by atoms with Gasteiger partial charge in [0.25, 0.3) is 0 Å². The highest BCUT2D eigenvalue weighted by atomic mass is 16.2. The SMILES string of the molecule is C=CCN(CCC)C(=O)C1Cc2ccccc2CN1. The minimum absolute atomic E-state index is 0.0959. The topological polar surface area (TPSA) is 32.3 Å². The van der Waals surface area contributed by atoms with Crippen molar-refractivity contribution in [2.75, 3.05) is 13.1 Å². The number of rotatable bonds is 5. The van der Waals surface area contributed by atoms with Crippen molar-refractivity contribution in [3.8, 4) is 0 Å². The van der Waals surface area contributed by atoms with E-state index in [4.69, 9.17) is 0 Å². The number of fused-ring (bicyclic) bond motifs is 1. The summed E-state index contributed by atoms with van der Waals surface area (Å²) in [7, 11) is 0. The van der Waals surface area contributed by atoms with E-state index in [1.54, 1.807) is 6.08 Å². The summed E-state index contributed by atoms with van der Waals surface area (Å²) < 4.78 is 0. The maximum atomic E-state index is 12.5. The average molecular weight is 258 g/mol. The van der Waals surface area contributed by atoms with Crippen LogP contribution >= 0.6 is 0 Å². The molecule has 1 aliphatic rings. The number of carbonyl (C=O) groups is 1. The number of hydrogen-bond donors (Lipinski definition) is 1. The Balaban J connectivity index is 2.06. The Labute approximate surface area is 115 Å². The first-order chi connectivity index (χ1) is 9.26. The fraction of sp³-hybridized carbons (Fsp3) is 0.438. The van der Waals surface area contributed by atoms with Gasteiger partial charge in [-0.3, -0.25) is 4.79 Å². The molecule has 0 fully saturated rings. The number of nitrogens with zero attached hydrogens (tertiary/aromatic N) is 1. The molecule has 1 aromatic rings. The lowest BCUT2D eigenvalue weighted by Crippen LogP contribution is -2.49. The van der Waals surface area contributed by atoms with Gasteiger partial charge >= 0.3 is 0 Å². The highest BCUT2D eigenvalue weighted by Gasteiger charge is 2.26. The Kier molecular flexibility index (Phi) is 4.74. The van der Waals surface area contributed by atoms with Crippen molar-refractivity contribution in [2.45, 2.75) is 32.4 Å². The van der Waals surface area contributed by atoms with Crippen molar-refractivity contribution >= 4 is 5.91 Å². The molecule has 0 spiro atoms. The second kappa shape index (κ2) is 6.53. The molecule has 102 valence electrons. The van der Waals surface area contributed by atoms with Crippen LogP contribution in [0, 0.1) is 0 Å².